The first kappa shape index (κ1) is 13.4. The Labute approximate surface area is 119 Å². The van der Waals surface area contributed by atoms with Crippen molar-refractivity contribution >= 4 is 11.7 Å². The number of hydrogen-bond donors (Lipinski definition) is 2. The maximum atomic E-state index is 11.0. The van der Waals surface area contributed by atoms with Crippen molar-refractivity contribution in [1.29, 1.82) is 0 Å². The number of nitrogens with zero attached hydrogens (tertiary/aromatic N) is 1. The van der Waals surface area contributed by atoms with Gasteiger partial charge in [-0.2, -0.15) is 0 Å². The molecule has 1 aromatic rings. The molecule has 2 aliphatic rings. The number of benzene rings is 1. The summed E-state index contributed by atoms with van der Waals surface area (Å²) in [5.41, 5.74) is 1.96. The minimum atomic E-state index is -0.878. The SMILES string of the molecule is O=C(O)c1ccc2c(c1)CCN2CC1(O)CCCCC1. The molecule has 1 aromatic carbocycles. The number of β-amino-alcohol motifs (C(OH)–C–C–N with tert-alkyl or cyclic N) is 1. The van der Waals surface area contributed by atoms with E-state index in [9.17, 15) is 9.90 Å². The van der Waals surface area contributed by atoms with Crippen LogP contribution in [0.4, 0.5) is 5.69 Å². The molecule has 0 unspecified atom stereocenters. The summed E-state index contributed by atoms with van der Waals surface area (Å²) < 4.78 is 0. The van der Waals surface area contributed by atoms with Crippen LogP contribution in [0.15, 0.2) is 18.2 Å². The number of rotatable bonds is 3. The lowest BCUT2D eigenvalue weighted by atomic mass is 9.84. The van der Waals surface area contributed by atoms with E-state index in [-0.39, 0.29) is 0 Å². The quantitative estimate of drug-likeness (QED) is 0.889. The highest BCUT2D eigenvalue weighted by Crippen LogP contribution is 2.34. The van der Waals surface area contributed by atoms with Gasteiger partial charge in [-0.3, -0.25) is 0 Å². The standard InChI is InChI=1S/C16H21NO3/c18-15(19)13-4-5-14-12(10-13)6-9-17(14)11-16(20)7-2-1-3-8-16/h4-5,10,20H,1-3,6-9,11H2,(H,18,19). The molecule has 0 bridgehead atoms. The number of carboxylic acids is 1. The fourth-order valence-corrected chi connectivity index (χ4v) is 3.49. The van der Waals surface area contributed by atoms with E-state index in [1.54, 1.807) is 12.1 Å². The Balaban J connectivity index is 1.77. The summed E-state index contributed by atoms with van der Waals surface area (Å²) in [5.74, 6) is -0.878. The summed E-state index contributed by atoms with van der Waals surface area (Å²) in [6.45, 7) is 1.55. The normalized spacial score (nSPS) is 20.8. The first-order chi connectivity index (χ1) is 9.57. The highest BCUT2D eigenvalue weighted by molar-refractivity contribution is 5.88. The van der Waals surface area contributed by atoms with E-state index < -0.39 is 11.6 Å². The van der Waals surface area contributed by atoms with Gasteiger partial charge in [-0.25, -0.2) is 4.79 Å². The summed E-state index contributed by atoms with van der Waals surface area (Å²) in [5, 5.41) is 19.7. The third kappa shape index (κ3) is 2.52. The first-order valence-electron chi connectivity index (χ1n) is 7.41. The van der Waals surface area contributed by atoms with Gasteiger partial charge < -0.3 is 15.1 Å². The molecule has 1 saturated carbocycles. The zero-order valence-electron chi connectivity index (χ0n) is 11.6. The summed E-state index contributed by atoms with van der Waals surface area (Å²) in [6.07, 6.45) is 6.07. The van der Waals surface area contributed by atoms with Gasteiger partial charge in [0.1, 0.15) is 0 Å². The predicted octanol–water partition coefficient (Wildman–Crippen LogP) is 2.44. The van der Waals surface area contributed by atoms with Crippen molar-refractivity contribution in [2.75, 3.05) is 18.0 Å². The fourth-order valence-electron chi connectivity index (χ4n) is 3.49. The van der Waals surface area contributed by atoms with Crippen LogP contribution < -0.4 is 4.90 Å². The molecule has 0 saturated heterocycles. The van der Waals surface area contributed by atoms with E-state index in [0.29, 0.717) is 12.1 Å². The largest absolute Gasteiger partial charge is 0.478 e. The molecule has 4 nitrogen and oxygen atoms in total. The van der Waals surface area contributed by atoms with Crippen molar-refractivity contribution in [1.82, 2.24) is 0 Å². The number of hydrogen-bond acceptors (Lipinski definition) is 3. The molecule has 1 aliphatic heterocycles. The lowest BCUT2D eigenvalue weighted by Crippen LogP contribution is -2.44. The van der Waals surface area contributed by atoms with E-state index in [2.05, 4.69) is 4.90 Å². The Morgan fingerprint density at radius 1 is 1.25 bits per heavy atom. The van der Waals surface area contributed by atoms with Gasteiger partial charge in [-0.1, -0.05) is 19.3 Å². The second kappa shape index (κ2) is 5.09. The highest BCUT2D eigenvalue weighted by Gasteiger charge is 2.33. The molecule has 1 fully saturated rings. The van der Waals surface area contributed by atoms with Gasteiger partial charge >= 0.3 is 5.97 Å². The number of anilines is 1. The van der Waals surface area contributed by atoms with Crippen molar-refractivity contribution in [2.45, 2.75) is 44.1 Å². The van der Waals surface area contributed by atoms with Crippen LogP contribution in [-0.2, 0) is 6.42 Å². The van der Waals surface area contributed by atoms with Crippen LogP contribution in [0.2, 0.25) is 0 Å². The van der Waals surface area contributed by atoms with E-state index in [1.807, 2.05) is 6.07 Å². The number of carbonyl (C=O) groups is 1. The lowest BCUT2D eigenvalue weighted by Gasteiger charge is -2.36. The van der Waals surface area contributed by atoms with Crippen LogP contribution in [-0.4, -0.2) is 34.9 Å². The molecule has 0 spiro atoms. The van der Waals surface area contributed by atoms with E-state index in [0.717, 1.165) is 49.9 Å². The maximum Gasteiger partial charge on any atom is 0.335 e. The summed E-state index contributed by atoms with van der Waals surface area (Å²) in [4.78, 5) is 13.2. The Kier molecular flexibility index (Phi) is 3.42. The molecule has 0 aromatic heterocycles. The van der Waals surface area contributed by atoms with Crippen molar-refractivity contribution in [3.05, 3.63) is 29.3 Å². The molecular formula is C16H21NO3. The average molecular weight is 275 g/mol. The van der Waals surface area contributed by atoms with Gasteiger partial charge in [0.15, 0.2) is 0 Å². The van der Waals surface area contributed by atoms with Crippen molar-refractivity contribution in [3.8, 4) is 0 Å². The Hall–Kier alpha value is -1.55. The molecule has 4 heteroatoms. The van der Waals surface area contributed by atoms with Crippen LogP contribution in [0.1, 0.15) is 48.0 Å². The molecule has 2 N–H and O–H groups in total. The zero-order valence-corrected chi connectivity index (χ0v) is 11.6. The van der Waals surface area contributed by atoms with Crippen molar-refractivity contribution < 1.29 is 15.0 Å². The minimum Gasteiger partial charge on any atom is -0.478 e. The van der Waals surface area contributed by atoms with Crippen LogP contribution in [0, 0.1) is 0 Å². The summed E-state index contributed by atoms with van der Waals surface area (Å²) in [7, 11) is 0. The predicted molar refractivity (Wildman–Crippen MR) is 77.4 cm³/mol. The second-order valence-corrected chi connectivity index (χ2v) is 6.11. The van der Waals surface area contributed by atoms with Crippen LogP contribution >= 0.6 is 0 Å². The second-order valence-electron chi connectivity index (χ2n) is 6.11. The molecular weight excluding hydrogens is 254 g/mol. The van der Waals surface area contributed by atoms with Gasteiger partial charge in [0.2, 0.25) is 0 Å². The van der Waals surface area contributed by atoms with Crippen LogP contribution in [0.3, 0.4) is 0 Å². The molecule has 3 rings (SSSR count). The number of aromatic carboxylic acids is 1. The molecule has 0 atom stereocenters. The summed E-state index contributed by atoms with van der Waals surface area (Å²) >= 11 is 0. The van der Waals surface area contributed by atoms with Gasteiger partial charge in [0.25, 0.3) is 0 Å². The molecule has 1 heterocycles. The smallest absolute Gasteiger partial charge is 0.335 e. The molecule has 1 aliphatic carbocycles. The van der Waals surface area contributed by atoms with Crippen LogP contribution in [0.5, 0.6) is 0 Å². The fraction of sp³-hybridized carbons (Fsp3) is 0.562. The van der Waals surface area contributed by atoms with Crippen molar-refractivity contribution in [2.24, 2.45) is 0 Å². The molecule has 20 heavy (non-hydrogen) atoms. The van der Waals surface area contributed by atoms with Crippen molar-refractivity contribution in [3.63, 3.8) is 0 Å². The zero-order chi connectivity index (χ0) is 14.2. The lowest BCUT2D eigenvalue weighted by molar-refractivity contribution is 0.0113. The van der Waals surface area contributed by atoms with Gasteiger partial charge in [0, 0.05) is 18.8 Å². The molecule has 0 radical (unpaired) electrons. The van der Waals surface area contributed by atoms with E-state index >= 15 is 0 Å². The van der Waals surface area contributed by atoms with Gasteiger partial charge in [-0.15, -0.1) is 0 Å². The Morgan fingerprint density at radius 2 is 2.00 bits per heavy atom. The monoisotopic (exact) mass is 275 g/mol. The Morgan fingerprint density at radius 3 is 2.70 bits per heavy atom. The third-order valence-electron chi connectivity index (χ3n) is 4.59. The minimum absolute atomic E-state index is 0.349. The summed E-state index contributed by atoms with van der Waals surface area (Å²) in [6, 6.07) is 5.31. The topological polar surface area (TPSA) is 60.8 Å². The highest BCUT2D eigenvalue weighted by atomic mass is 16.4. The van der Waals surface area contributed by atoms with E-state index in [1.165, 1.54) is 6.42 Å². The maximum absolute atomic E-state index is 11.0. The van der Waals surface area contributed by atoms with Gasteiger partial charge in [-0.05, 0) is 43.0 Å². The number of fused-ring (bicyclic) bond motifs is 1. The Bertz CT molecular complexity index is 520. The van der Waals surface area contributed by atoms with E-state index in [4.69, 9.17) is 5.11 Å². The number of aliphatic hydroxyl groups is 1. The number of carboxylic acid groups (broad SMARTS) is 1. The average Bonchev–Trinajstić information content (AvgIpc) is 2.81. The van der Waals surface area contributed by atoms with Crippen LogP contribution in [0.25, 0.3) is 0 Å². The molecule has 0 amide bonds. The van der Waals surface area contributed by atoms with Gasteiger partial charge in [0.05, 0.1) is 11.2 Å². The third-order valence-corrected chi connectivity index (χ3v) is 4.59. The first-order valence-corrected chi connectivity index (χ1v) is 7.41. The molecule has 108 valence electrons.